The zero-order chi connectivity index (χ0) is 13.7. The summed E-state index contributed by atoms with van der Waals surface area (Å²) in [5.74, 6) is 0. The van der Waals surface area contributed by atoms with E-state index >= 15 is 0 Å². The van der Waals surface area contributed by atoms with Gasteiger partial charge in [0.05, 0.1) is 6.04 Å². The minimum absolute atomic E-state index is 0.157. The van der Waals surface area contributed by atoms with Crippen molar-refractivity contribution < 1.29 is 0 Å². The second-order valence-corrected chi connectivity index (χ2v) is 5.82. The first-order valence-electron chi connectivity index (χ1n) is 7.10. The average Bonchev–Trinajstić information content (AvgIpc) is 2.66. The fourth-order valence-electron chi connectivity index (χ4n) is 2.71. The van der Waals surface area contributed by atoms with Gasteiger partial charge >= 0.3 is 0 Å². The van der Waals surface area contributed by atoms with E-state index in [-0.39, 0.29) is 6.04 Å². The smallest absolute Gasteiger partial charge is 0.0565 e. The second kappa shape index (κ2) is 7.33. The van der Waals surface area contributed by atoms with Crippen LogP contribution in [0.2, 0.25) is 10.0 Å². The maximum absolute atomic E-state index is 6.37. The van der Waals surface area contributed by atoms with Crippen LogP contribution in [0, 0.1) is 0 Å². The Morgan fingerprint density at radius 3 is 2.58 bits per heavy atom. The number of halogens is 2. The van der Waals surface area contributed by atoms with Gasteiger partial charge in [-0.25, -0.2) is 0 Å². The molecule has 104 valence electrons. The lowest BCUT2D eigenvalue weighted by Gasteiger charge is -2.23. The molecule has 1 aliphatic rings. The molecule has 1 nitrogen and oxygen atoms in total. The summed E-state index contributed by atoms with van der Waals surface area (Å²) < 4.78 is 0. The number of hydrogen-bond acceptors (Lipinski definition) is 1. The summed E-state index contributed by atoms with van der Waals surface area (Å²) in [7, 11) is 0. The molecule has 0 aliphatic heterocycles. The Labute approximate surface area is 126 Å². The van der Waals surface area contributed by atoms with E-state index in [1.807, 2.05) is 18.2 Å². The predicted molar refractivity (Wildman–Crippen MR) is 84.0 cm³/mol. The maximum atomic E-state index is 6.37. The molecular formula is C16H21Cl2N. The average molecular weight is 298 g/mol. The molecule has 0 radical (unpaired) electrons. The number of rotatable bonds is 4. The van der Waals surface area contributed by atoms with Crippen LogP contribution in [-0.4, -0.2) is 6.54 Å². The normalized spacial score (nSPS) is 17.7. The Morgan fingerprint density at radius 2 is 1.89 bits per heavy atom. The van der Waals surface area contributed by atoms with E-state index < -0.39 is 0 Å². The Balaban J connectivity index is 2.36. The Morgan fingerprint density at radius 1 is 1.16 bits per heavy atom. The van der Waals surface area contributed by atoms with E-state index in [2.05, 4.69) is 18.3 Å². The highest BCUT2D eigenvalue weighted by molar-refractivity contribution is 6.36. The highest BCUT2D eigenvalue weighted by Gasteiger charge is 2.21. The lowest BCUT2D eigenvalue weighted by atomic mass is 9.95. The number of hydrogen-bond donors (Lipinski definition) is 1. The van der Waals surface area contributed by atoms with Gasteiger partial charge in [-0.2, -0.15) is 0 Å². The molecule has 1 unspecified atom stereocenters. The first kappa shape index (κ1) is 14.9. The number of benzene rings is 1. The second-order valence-electron chi connectivity index (χ2n) is 5.00. The molecule has 1 N–H and O–H groups in total. The van der Waals surface area contributed by atoms with Crippen molar-refractivity contribution in [3.05, 3.63) is 45.5 Å². The minimum atomic E-state index is 0.157. The maximum Gasteiger partial charge on any atom is 0.0565 e. The Hall–Kier alpha value is -0.500. The van der Waals surface area contributed by atoms with Crippen LogP contribution in [-0.2, 0) is 0 Å². The molecular weight excluding hydrogens is 277 g/mol. The third kappa shape index (κ3) is 3.75. The zero-order valence-corrected chi connectivity index (χ0v) is 12.9. The van der Waals surface area contributed by atoms with Crippen molar-refractivity contribution in [2.45, 2.75) is 45.1 Å². The zero-order valence-electron chi connectivity index (χ0n) is 11.4. The molecule has 2 rings (SSSR count). The highest BCUT2D eigenvalue weighted by atomic mass is 35.5. The molecule has 3 heteroatoms. The summed E-state index contributed by atoms with van der Waals surface area (Å²) in [6.07, 6.45) is 8.54. The van der Waals surface area contributed by atoms with Gasteiger partial charge in [-0.3, -0.25) is 0 Å². The fourth-order valence-corrected chi connectivity index (χ4v) is 3.33. The van der Waals surface area contributed by atoms with E-state index in [9.17, 15) is 0 Å². The summed E-state index contributed by atoms with van der Waals surface area (Å²) in [5, 5.41) is 5.05. The highest BCUT2D eigenvalue weighted by Crippen LogP contribution is 2.37. The molecule has 0 saturated heterocycles. The van der Waals surface area contributed by atoms with E-state index in [1.165, 1.54) is 31.3 Å². The molecule has 0 spiro atoms. The van der Waals surface area contributed by atoms with Crippen molar-refractivity contribution in [1.29, 1.82) is 0 Å². The van der Waals surface area contributed by atoms with Gasteiger partial charge in [-0.1, -0.05) is 54.3 Å². The van der Waals surface area contributed by atoms with Gasteiger partial charge in [0, 0.05) is 15.6 Å². The van der Waals surface area contributed by atoms with Gasteiger partial charge in [-0.15, -0.1) is 0 Å². The third-order valence-electron chi connectivity index (χ3n) is 3.64. The molecule has 0 saturated carbocycles. The monoisotopic (exact) mass is 297 g/mol. The molecule has 1 aromatic carbocycles. The van der Waals surface area contributed by atoms with E-state index in [4.69, 9.17) is 23.2 Å². The van der Waals surface area contributed by atoms with Crippen LogP contribution >= 0.6 is 23.2 Å². The van der Waals surface area contributed by atoms with Gasteiger partial charge in [0.25, 0.3) is 0 Å². The van der Waals surface area contributed by atoms with Crippen molar-refractivity contribution in [3.8, 4) is 0 Å². The predicted octanol–water partition coefficient (Wildman–Crippen LogP) is 5.53. The summed E-state index contributed by atoms with van der Waals surface area (Å²) in [5.41, 5.74) is 2.47. The van der Waals surface area contributed by atoms with Crippen molar-refractivity contribution in [3.63, 3.8) is 0 Å². The minimum Gasteiger partial charge on any atom is -0.307 e. The molecule has 19 heavy (non-hydrogen) atoms. The molecule has 0 fully saturated rings. The standard InChI is InChI=1S/C16H21Cl2N/c1-2-19-16(12-8-5-3-4-6-9-12)15-13(17)10-7-11-14(15)18/h7-8,10-11,16,19H,2-6,9H2,1H3. The summed E-state index contributed by atoms with van der Waals surface area (Å²) >= 11 is 12.7. The Bertz CT molecular complexity index is 434. The molecule has 1 atom stereocenters. The van der Waals surface area contributed by atoms with Gasteiger partial charge in [0.1, 0.15) is 0 Å². The van der Waals surface area contributed by atoms with Gasteiger partial charge in [-0.05, 0) is 44.4 Å². The van der Waals surface area contributed by atoms with Crippen molar-refractivity contribution in [2.75, 3.05) is 6.54 Å². The van der Waals surface area contributed by atoms with E-state index in [0.29, 0.717) is 0 Å². The summed E-state index contributed by atoms with van der Waals surface area (Å²) in [6, 6.07) is 5.90. The van der Waals surface area contributed by atoms with Crippen molar-refractivity contribution in [2.24, 2.45) is 0 Å². The lowest BCUT2D eigenvalue weighted by molar-refractivity contribution is 0.590. The van der Waals surface area contributed by atoms with Crippen molar-refractivity contribution in [1.82, 2.24) is 5.32 Å². The summed E-state index contributed by atoms with van der Waals surface area (Å²) in [6.45, 7) is 3.03. The van der Waals surface area contributed by atoms with Crippen molar-refractivity contribution >= 4 is 23.2 Å². The topological polar surface area (TPSA) is 12.0 Å². The lowest BCUT2D eigenvalue weighted by Crippen LogP contribution is -2.23. The number of nitrogens with one attached hydrogen (secondary N) is 1. The molecule has 0 aromatic heterocycles. The SMILES string of the molecule is CCNC(C1=CCCCCC1)c1c(Cl)cccc1Cl. The number of likely N-dealkylation sites (N-methyl/N-ethyl adjacent to an activating group) is 1. The van der Waals surface area contributed by atoms with Gasteiger partial charge in [0.15, 0.2) is 0 Å². The largest absolute Gasteiger partial charge is 0.307 e. The van der Waals surface area contributed by atoms with Crippen LogP contribution < -0.4 is 5.32 Å². The van der Waals surface area contributed by atoms with E-state index in [1.54, 1.807) is 0 Å². The first-order valence-corrected chi connectivity index (χ1v) is 7.86. The molecule has 1 aliphatic carbocycles. The molecule has 0 amide bonds. The van der Waals surface area contributed by atoms with E-state index in [0.717, 1.165) is 28.6 Å². The van der Waals surface area contributed by atoms with Gasteiger partial charge in [0.2, 0.25) is 0 Å². The van der Waals surface area contributed by atoms with Crippen LogP contribution in [0.1, 0.15) is 50.6 Å². The third-order valence-corrected chi connectivity index (χ3v) is 4.30. The number of allylic oxidation sites excluding steroid dienone is 1. The molecule has 0 bridgehead atoms. The van der Waals surface area contributed by atoms with Crippen LogP contribution in [0.3, 0.4) is 0 Å². The van der Waals surface area contributed by atoms with Crippen LogP contribution in [0.25, 0.3) is 0 Å². The summed E-state index contributed by atoms with van der Waals surface area (Å²) in [4.78, 5) is 0. The van der Waals surface area contributed by atoms with Crippen LogP contribution in [0.15, 0.2) is 29.8 Å². The molecule has 1 aromatic rings. The quantitative estimate of drug-likeness (QED) is 0.720. The molecule has 0 heterocycles. The van der Waals surface area contributed by atoms with Crippen LogP contribution in [0.4, 0.5) is 0 Å². The first-order chi connectivity index (χ1) is 9.24. The van der Waals surface area contributed by atoms with Gasteiger partial charge < -0.3 is 5.32 Å². The Kier molecular flexibility index (Phi) is 5.75. The van der Waals surface area contributed by atoms with Crippen LogP contribution in [0.5, 0.6) is 0 Å². The fraction of sp³-hybridized carbons (Fsp3) is 0.500.